The molecule has 1 aliphatic heterocycles. The van der Waals surface area contributed by atoms with Gasteiger partial charge in [0.2, 0.25) is 11.8 Å². The highest BCUT2D eigenvalue weighted by atomic mass is 19.1. The number of aromatic nitrogens is 2. The molecule has 0 bridgehead atoms. The molecule has 2 aliphatic rings. The average Bonchev–Trinajstić information content (AvgIpc) is 3.52. The van der Waals surface area contributed by atoms with Gasteiger partial charge in [0.15, 0.2) is 6.17 Å². The molecule has 2 heterocycles. The maximum absolute atomic E-state index is 15.6. The smallest absolute Gasteiger partial charge is 0.270 e. The number of carbonyl (C=O) groups excluding carboxylic acids is 4. The molecule has 1 aromatic heterocycles. The van der Waals surface area contributed by atoms with Crippen molar-refractivity contribution in [1.29, 1.82) is 0 Å². The Hall–Kier alpha value is -3.87. The number of piperazine rings is 1. The molecule has 4 amide bonds. The molecule has 1 aliphatic carbocycles. The molecule has 252 valence electrons. The number of rotatable bonds is 11. The first-order chi connectivity index (χ1) is 21.9. The largest absolute Gasteiger partial charge is 0.341 e. The van der Waals surface area contributed by atoms with Crippen LogP contribution in [0.3, 0.4) is 0 Å². The summed E-state index contributed by atoms with van der Waals surface area (Å²) in [6.07, 6.45) is 3.04. The number of likely N-dealkylation sites (N-methyl/N-ethyl adjacent to an activating group) is 1. The summed E-state index contributed by atoms with van der Waals surface area (Å²) in [5, 5.41) is 12.2. The van der Waals surface area contributed by atoms with Crippen molar-refractivity contribution < 1.29 is 28.0 Å². The van der Waals surface area contributed by atoms with E-state index in [1.165, 1.54) is 18.3 Å². The van der Waals surface area contributed by atoms with Crippen molar-refractivity contribution in [3.05, 3.63) is 47.5 Å². The van der Waals surface area contributed by atoms with Crippen LogP contribution in [0, 0.1) is 17.7 Å². The maximum atomic E-state index is 15.6. The van der Waals surface area contributed by atoms with Crippen molar-refractivity contribution in [2.45, 2.75) is 84.1 Å². The van der Waals surface area contributed by atoms with Crippen LogP contribution in [0.25, 0.3) is 0 Å². The SMILES string of the molecule is CCn1nccc1C(=O)N[C@H](C(=O)Nc1ccc([C@H](C)[C@@H](NC(=O)[C@H](C)F)C(=O)N2CCN(C)CC2)cc1F)[C@H]1CC[C@H](C)CC1. The summed E-state index contributed by atoms with van der Waals surface area (Å²) in [5.41, 5.74) is 0.656. The lowest BCUT2D eigenvalue weighted by Gasteiger charge is -2.36. The highest BCUT2D eigenvalue weighted by Gasteiger charge is 2.36. The van der Waals surface area contributed by atoms with Crippen LogP contribution in [0.2, 0.25) is 0 Å². The van der Waals surface area contributed by atoms with Crippen LogP contribution in [-0.2, 0) is 20.9 Å². The minimum atomic E-state index is -1.83. The third-order valence-corrected chi connectivity index (χ3v) is 9.37. The number of alkyl halides is 1. The molecule has 0 unspecified atom stereocenters. The molecule has 2 aromatic rings. The summed E-state index contributed by atoms with van der Waals surface area (Å²) in [7, 11) is 1.95. The first kappa shape index (κ1) is 35.0. The molecule has 2 fully saturated rings. The number of aryl methyl sites for hydroxylation is 1. The normalized spacial score (nSPS) is 21.5. The van der Waals surface area contributed by atoms with Crippen molar-refractivity contribution in [1.82, 2.24) is 30.2 Å². The molecule has 1 aromatic carbocycles. The molecule has 4 atom stereocenters. The van der Waals surface area contributed by atoms with E-state index in [1.54, 1.807) is 28.6 Å². The molecule has 11 nitrogen and oxygen atoms in total. The van der Waals surface area contributed by atoms with E-state index in [0.717, 1.165) is 32.6 Å². The van der Waals surface area contributed by atoms with Gasteiger partial charge in [0, 0.05) is 44.8 Å². The molecule has 46 heavy (non-hydrogen) atoms. The Balaban J connectivity index is 1.53. The first-order valence-corrected chi connectivity index (χ1v) is 16.2. The van der Waals surface area contributed by atoms with Crippen molar-refractivity contribution in [3.8, 4) is 0 Å². The lowest BCUT2D eigenvalue weighted by molar-refractivity contribution is -0.139. The van der Waals surface area contributed by atoms with Gasteiger partial charge in [-0.15, -0.1) is 0 Å². The van der Waals surface area contributed by atoms with Gasteiger partial charge in [-0.1, -0.05) is 32.8 Å². The molecule has 4 rings (SSSR count). The number of amides is 4. The van der Waals surface area contributed by atoms with E-state index in [4.69, 9.17) is 0 Å². The minimum absolute atomic E-state index is 0.0775. The lowest BCUT2D eigenvalue weighted by Crippen LogP contribution is -2.56. The van der Waals surface area contributed by atoms with E-state index in [9.17, 15) is 23.6 Å². The third kappa shape index (κ3) is 8.48. The van der Waals surface area contributed by atoms with Crippen molar-refractivity contribution in [2.24, 2.45) is 11.8 Å². The predicted octanol–water partition coefficient (Wildman–Crippen LogP) is 3.33. The maximum Gasteiger partial charge on any atom is 0.270 e. The molecule has 1 saturated carbocycles. The van der Waals surface area contributed by atoms with E-state index in [-0.39, 0.29) is 17.5 Å². The van der Waals surface area contributed by atoms with Crippen LogP contribution >= 0.6 is 0 Å². The van der Waals surface area contributed by atoms with Crippen LogP contribution in [0.1, 0.15) is 75.3 Å². The van der Waals surface area contributed by atoms with Gasteiger partial charge in [-0.3, -0.25) is 23.9 Å². The number of nitrogens with one attached hydrogen (secondary N) is 3. The van der Waals surface area contributed by atoms with Gasteiger partial charge in [0.05, 0.1) is 5.69 Å². The van der Waals surface area contributed by atoms with Gasteiger partial charge in [-0.2, -0.15) is 5.10 Å². The number of anilines is 1. The number of halogens is 2. The van der Waals surface area contributed by atoms with Gasteiger partial charge in [0.1, 0.15) is 23.6 Å². The molecule has 13 heteroatoms. The molecule has 0 radical (unpaired) electrons. The number of carbonyl (C=O) groups is 4. The number of hydrogen-bond donors (Lipinski definition) is 3. The van der Waals surface area contributed by atoms with E-state index >= 15 is 4.39 Å². The van der Waals surface area contributed by atoms with E-state index in [0.29, 0.717) is 49.9 Å². The number of nitrogens with zero attached hydrogens (tertiary/aromatic N) is 4. The Labute approximate surface area is 269 Å². The molecule has 0 spiro atoms. The monoisotopic (exact) mass is 643 g/mol. The Bertz CT molecular complexity index is 1380. The zero-order valence-corrected chi connectivity index (χ0v) is 27.4. The topological polar surface area (TPSA) is 129 Å². The minimum Gasteiger partial charge on any atom is -0.341 e. The molecular formula is C33H47F2N7O4. The summed E-state index contributed by atoms with van der Waals surface area (Å²) >= 11 is 0. The fourth-order valence-corrected chi connectivity index (χ4v) is 6.22. The van der Waals surface area contributed by atoms with Crippen LogP contribution in [-0.4, -0.2) is 94.7 Å². The zero-order valence-electron chi connectivity index (χ0n) is 27.4. The Morgan fingerprint density at radius 3 is 2.26 bits per heavy atom. The molecular weight excluding hydrogens is 596 g/mol. The third-order valence-electron chi connectivity index (χ3n) is 9.37. The summed E-state index contributed by atoms with van der Waals surface area (Å²) in [5.74, 6) is -3.27. The average molecular weight is 644 g/mol. The Kier molecular flexibility index (Phi) is 11.9. The second kappa shape index (κ2) is 15.6. The zero-order chi connectivity index (χ0) is 33.5. The fourth-order valence-electron chi connectivity index (χ4n) is 6.22. The highest BCUT2D eigenvalue weighted by molar-refractivity contribution is 6.00. The summed E-state index contributed by atoms with van der Waals surface area (Å²) < 4.78 is 31.0. The van der Waals surface area contributed by atoms with Crippen LogP contribution in [0.5, 0.6) is 0 Å². The second-order valence-corrected chi connectivity index (χ2v) is 12.8. The van der Waals surface area contributed by atoms with Crippen LogP contribution < -0.4 is 16.0 Å². The van der Waals surface area contributed by atoms with Gasteiger partial charge in [-0.25, -0.2) is 8.78 Å². The van der Waals surface area contributed by atoms with Gasteiger partial charge in [0.25, 0.3) is 11.8 Å². The first-order valence-electron chi connectivity index (χ1n) is 16.2. The number of benzene rings is 1. The summed E-state index contributed by atoms with van der Waals surface area (Å²) in [6, 6.07) is 3.79. The highest BCUT2D eigenvalue weighted by Crippen LogP contribution is 2.32. The predicted molar refractivity (Wildman–Crippen MR) is 170 cm³/mol. The quantitative estimate of drug-likeness (QED) is 0.345. The fraction of sp³-hybridized carbons (Fsp3) is 0.606. The standard InChI is InChI=1S/C33H47F2N7O4/c1-6-42-27(13-14-36-42)31(44)39-29(23-9-7-20(2)8-10-23)32(45)37-26-12-11-24(19-25(26)35)21(3)28(38-30(43)22(4)34)33(46)41-17-15-40(5)16-18-41/h11-14,19-23,28-29H,6-10,15-18H2,1-5H3,(H,37,45)(H,38,43)(H,39,44)/t20-,21-,22-,23-,28+,29-/m0/s1. The van der Waals surface area contributed by atoms with Crippen molar-refractivity contribution in [3.63, 3.8) is 0 Å². The summed E-state index contributed by atoms with van der Waals surface area (Å²) in [4.78, 5) is 56.4. The van der Waals surface area contributed by atoms with Crippen molar-refractivity contribution in [2.75, 3.05) is 38.5 Å². The van der Waals surface area contributed by atoms with E-state index < -0.39 is 47.7 Å². The second-order valence-electron chi connectivity index (χ2n) is 12.8. The lowest BCUT2D eigenvalue weighted by atomic mass is 9.79. The van der Waals surface area contributed by atoms with Gasteiger partial charge in [-0.05, 0) is 69.3 Å². The van der Waals surface area contributed by atoms with Gasteiger partial charge < -0.3 is 25.8 Å². The summed E-state index contributed by atoms with van der Waals surface area (Å²) in [6.45, 7) is 9.51. The Morgan fingerprint density at radius 1 is 0.978 bits per heavy atom. The van der Waals surface area contributed by atoms with E-state index in [1.807, 2.05) is 14.0 Å². The van der Waals surface area contributed by atoms with E-state index in [2.05, 4.69) is 32.9 Å². The van der Waals surface area contributed by atoms with Crippen molar-refractivity contribution >= 4 is 29.3 Å². The van der Waals surface area contributed by atoms with Crippen LogP contribution in [0.15, 0.2) is 30.5 Å². The number of hydrogen-bond acceptors (Lipinski definition) is 6. The molecule has 3 N–H and O–H groups in total. The Morgan fingerprint density at radius 2 is 1.65 bits per heavy atom. The molecule has 1 saturated heterocycles. The van der Waals surface area contributed by atoms with Gasteiger partial charge >= 0.3 is 0 Å². The van der Waals surface area contributed by atoms with Crippen LogP contribution in [0.4, 0.5) is 14.5 Å².